The third-order valence-corrected chi connectivity index (χ3v) is 4.34. The van der Waals surface area contributed by atoms with E-state index in [1.165, 1.54) is 11.3 Å². The number of carbonyl (C=O) groups is 2. The first-order valence-electron chi connectivity index (χ1n) is 6.84. The Balaban J connectivity index is 1.59. The number of nitrogens with zero attached hydrogens (tertiary/aromatic N) is 1. The molecule has 1 heterocycles. The predicted molar refractivity (Wildman–Crippen MR) is 81.7 cm³/mol. The molecule has 0 radical (unpaired) electrons. The molecule has 2 amide bonds. The summed E-state index contributed by atoms with van der Waals surface area (Å²) < 4.78 is 0. The van der Waals surface area contributed by atoms with Crippen molar-refractivity contribution in [1.82, 2.24) is 10.3 Å². The highest BCUT2D eigenvalue weighted by atomic mass is 32.1. The van der Waals surface area contributed by atoms with Crippen LogP contribution in [0.3, 0.4) is 0 Å². The molecule has 0 bridgehead atoms. The summed E-state index contributed by atoms with van der Waals surface area (Å²) in [7, 11) is 0. The summed E-state index contributed by atoms with van der Waals surface area (Å²) in [5.74, 6) is 0.131. The Bertz CT molecular complexity index is 667. The number of Topliss-reactive ketones (excluding diaryl/α,β-unsaturated/α-hetero) is 1. The molecule has 1 aromatic carbocycles. The largest absolute Gasteiger partial charge is 0.334 e. The number of hydrogen-bond acceptors (Lipinski definition) is 4. The van der Waals surface area contributed by atoms with Crippen molar-refractivity contribution in [2.75, 3.05) is 5.32 Å². The Morgan fingerprint density at radius 2 is 2.05 bits per heavy atom. The van der Waals surface area contributed by atoms with E-state index in [0.29, 0.717) is 23.0 Å². The van der Waals surface area contributed by atoms with Gasteiger partial charge in [-0.15, -0.1) is 0 Å². The van der Waals surface area contributed by atoms with Crippen molar-refractivity contribution in [2.45, 2.75) is 25.8 Å². The monoisotopic (exact) mass is 301 g/mol. The van der Waals surface area contributed by atoms with Crippen LogP contribution in [0.5, 0.6) is 0 Å². The van der Waals surface area contributed by atoms with Crippen molar-refractivity contribution in [2.24, 2.45) is 0 Å². The number of aromatic nitrogens is 1. The lowest BCUT2D eigenvalue weighted by atomic mass is 10.0. The molecular weight excluding hydrogens is 286 g/mol. The number of aryl methyl sites for hydroxylation is 1. The molecule has 1 aliphatic rings. The Labute approximate surface area is 126 Å². The molecule has 21 heavy (non-hydrogen) atoms. The number of hydrogen-bond donors (Lipinski definition) is 2. The molecule has 0 unspecified atom stereocenters. The molecular formula is C15H15N3O2S. The topological polar surface area (TPSA) is 71.1 Å². The molecule has 0 saturated carbocycles. The van der Waals surface area contributed by atoms with Gasteiger partial charge in [-0.1, -0.05) is 41.7 Å². The highest BCUT2D eigenvalue weighted by Gasteiger charge is 2.22. The highest BCUT2D eigenvalue weighted by Crippen LogP contribution is 2.29. The minimum absolute atomic E-state index is 0.131. The van der Waals surface area contributed by atoms with Gasteiger partial charge in [0.1, 0.15) is 0 Å². The first kappa shape index (κ1) is 13.8. The van der Waals surface area contributed by atoms with Crippen molar-refractivity contribution >= 4 is 28.3 Å². The van der Waals surface area contributed by atoms with Gasteiger partial charge in [0.15, 0.2) is 10.9 Å². The second-order valence-corrected chi connectivity index (χ2v) is 5.86. The van der Waals surface area contributed by atoms with E-state index in [1.54, 1.807) is 0 Å². The van der Waals surface area contributed by atoms with Gasteiger partial charge in [-0.05, 0) is 18.4 Å². The van der Waals surface area contributed by atoms with E-state index < -0.39 is 0 Å². The van der Waals surface area contributed by atoms with Crippen LogP contribution in [0.4, 0.5) is 9.93 Å². The maximum absolute atomic E-state index is 11.8. The molecule has 108 valence electrons. The van der Waals surface area contributed by atoms with E-state index >= 15 is 0 Å². The average molecular weight is 301 g/mol. The van der Waals surface area contributed by atoms with Gasteiger partial charge < -0.3 is 5.32 Å². The molecule has 3 rings (SSSR count). The summed E-state index contributed by atoms with van der Waals surface area (Å²) >= 11 is 1.26. The number of nitrogens with one attached hydrogen (secondary N) is 2. The SMILES string of the molecule is O=C(NCc1ccccc1)Nc1nc2c(s1)C(=O)CCC2. The van der Waals surface area contributed by atoms with Crippen LogP contribution in [0.25, 0.3) is 0 Å². The fraction of sp³-hybridized carbons (Fsp3) is 0.267. The molecule has 0 spiro atoms. The summed E-state index contributed by atoms with van der Waals surface area (Å²) in [6, 6.07) is 9.37. The number of thiazole rings is 1. The molecule has 0 aliphatic heterocycles. The zero-order valence-electron chi connectivity index (χ0n) is 11.4. The number of anilines is 1. The van der Waals surface area contributed by atoms with Crippen LogP contribution in [-0.4, -0.2) is 16.8 Å². The molecule has 6 heteroatoms. The lowest BCUT2D eigenvalue weighted by Crippen LogP contribution is -2.28. The number of rotatable bonds is 3. The maximum atomic E-state index is 11.8. The number of amides is 2. The molecule has 1 aromatic heterocycles. The van der Waals surface area contributed by atoms with Crippen molar-refractivity contribution in [3.05, 3.63) is 46.5 Å². The number of carbonyl (C=O) groups excluding carboxylic acids is 2. The number of fused-ring (bicyclic) bond motifs is 1. The Morgan fingerprint density at radius 1 is 1.24 bits per heavy atom. The van der Waals surface area contributed by atoms with Crippen LogP contribution in [0.1, 0.15) is 33.8 Å². The molecule has 1 aliphatic carbocycles. The van der Waals surface area contributed by atoms with Crippen LogP contribution in [-0.2, 0) is 13.0 Å². The molecule has 2 aromatic rings. The zero-order valence-corrected chi connectivity index (χ0v) is 12.2. The summed E-state index contributed by atoms with van der Waals surface area (Å²) in [6.07, 6.45) is 2.23. The first-order chi connectivity index (χ1) is 10.2. The van der Waals surface area contributed by atoms with Gasteiger partial charge in [0.2, 0.25) is 0 Å². The standard InChI is InChI=1S/C15H15N3O2S/c19-12-8-4-7-11-13(12)21-15(17-11)18-14(20)16-9-10-5-2-1-3-6-10/h1-3,5-6H,4,7-9H2,(H2,16,17,18,20). The van der Waals surface area contributed by atoms with E-state index in [-0.39, 0.29) is 11.8 Å². The lowest BCUT2D eigenvalue weighted by Gasteiger charge is -2.05. The third kappa shape index (κ3) is 3.28. The van der Waals surface area contributed by atoms with E-state index in [4.69, 9.17) is 0 Å². The summed E-state index contributed by atoms with van der Waals surface area (Å²) in [6.45, 7) is 0.455. The molecule has 0 atom stereocenters. The second-order valence-electron chi connectivity index (χ2n) is 4.86. The van der Waals surface area contributed by atoms with Crippen molar-refractivity contribution in [1.29, 1.82) is 0 Å². The van der Waals surface area contributed by atoms with Crippen LogP contribution in [0.15, 0.2) is 30.3 Å². The lowest BCUT2D eigenvalue weighted by molar-refractivity contribution is 0.0976. The van der Waals surface area contributed by atoms with E-state index in [1.807, 2.05) is 30.3 Å². The van der Waals surface area contributed by atoms with E-state index in [2.05, 4.69) is 15.6 Å². The van der Waals surface area contributed by atoms with Crippen LogP contribution in [0.2, 0.25) is 0 Å². The molecule has 2 N–H and O–H groups in total. The Hall–Kier alpha value is -2.21. The molecule has 0 saturated heterocycles. The minimum Gasteiger partial charge on any atom is -0.334 e. The van der Waals surface area contributed by atoms with Gasteiger partial charge in [-0.2, -0.15) is 0 Å². The van der Waals surface area contributed by atoms with Gasteiger partial charge in [0, 0.05) is 13.0 Å². The van der Waals surface area contributed by atoms with Crippen molar-refractivity contribution in [3.8, 4) is 0 Å². The van der Waals surface area contributed by atoms with Gasteiger partial charge >= 0.3 is 6.03 Å². The van der Waals surface area contributed by atoms with Crippen molar-refractivity contribution < 1.29 is 9.59 Å². The van der Waals surface area contributed by atoms with Crippen molar-refractivity contribution in [3.63, 3.8) is 0 Å². The van der Waals surface area contributed by atoms with E-state index in [9.17, 15) is 9.59 Å². The summed E-state index contributed by atoms with van der Waals surface area (Å²) in [5.41, 5.74) is 1.84. The second kappa shape index (κ2) is 6.05. The van der Waals surface area contributed by atoms with Gasteiger partial charge in [0.05, 0.1) is 10.6 Å². The normalized spacial score (nSPS) is 13.6. The summed E-state index contributed by atoms with van der Waals surface area (Å²) in [5, 5.41) is 5.95. The highest BCUT2D eigenvalue weighted by molar-refractivity contribution is 7.17. The number of benzene rings is 1. The van der Waals surface area contributed by atoms with Crippen LogP contribution >= 0.6 is 11.3 Å². The maximum Gasteiger partial charge on any atom is 0.321 e. The van der Waals surface area contributed by atoms with Crippen LogP contribution < -0.4 is 10.6 Å². The fourth-order valence-corrected chi connectivity index (χ4v) is 3.22. The Morgan fingerprint density at radius 3 is 2.81 bits per heavy atom. The smallest absolute Gasteiger partial charge is 0.321 e. The van der Waals surface area contributed by atoms with Gasteiger partial charge in [0.25, 0.3) is 0 Å². The number of urea groups is 1. The fourth-order valence-electron chi connectivity index (χ4n) is 2.24. The Kier molecular flexibility index (Phi) is 3.96. The van der Waals surface area contributed by atoms with Gasteiger partial charge in [-0.25, -0.2) is 9.78 Å². The molecule has 0 fully saturated rings. The van der Waals surface area contributed by atoms with Crippen LogP contribution in [0, 0.1) is 0 Å². The zero-order chi connectivity index (χ0) is 14.7. The average Bonchev–Trinajstić information content (AvgIpc) is 2.90. The minimum atomic E-state index is -0.308. The molecule has 5 nitrogen and oxygen atoms in total. The van der Waals surface area contributed by atoms with E-state index in [0.717, 1.165) is 24.1 Å². The number of ketones is 1. The first-order valence-corrected chi connectivity index (χ1v) is 7.66. The summed E-state index contributed by atoms with van der Waals surface area (Å²) in [4.78, 5) is 28.6. The predicted octanol–water partition coefficient (Wildman–Crippen LogP) is 2.98. The quantitative estimate of drug-likeness (QED) is 0.915. The third-order valence-electron chi connectivity index (χ3n) is 3.28. The van der Waals surface area contributed by atoms with Gasteiger partial charge in [-0.3, -0.25) is 10.1 Å².